The van der Waals surface area contributed by atoms with Crippen molar-refractivity contribution in [2.75, 3.05) is 13.1 Å². The molecule has 0 radical (unpaired) electrons. The van der Waals surface area contributed by atoms with E-state index in [0.717, 1.165) is 6.42 Å². The van der Waals surface area contributed by atoms with Crippen molar-refractivity contribution in [1.82, 2.24) is 4.90 Å². The van der Waals surface area contributed by atoms with Crippen LogP contribution in [0.2, 0.25) is 0 Å². The average Bonchev–Trinajstić information content (AvgIpc) is 2.78. The lowest BCUT2D eigenvalue weighted by atomic mass is 9.93. The summed E-state index contributed by atoms with van der Waals surface area (Å²) in [6.07, 6.45) is 2.81. The van der Waals surface area contributed by atoms with Crippen LogP contribution in [0.3, 0.4) is 0 Å². The first-order valence-corrected chi connectivity index (χ1v) is 6.97. The Hall–Kier alpha value is -0.870. The Morgan fingerprint density at radius 3 is 2.82 bits per heavy atom. The Morgan fingerprint density at radius 2 is 2.24 bits per heavy atom. The van der Waals surface area contributed by atoms with Gasteiger partial charge in [0.25, 0.3) is 0 Å². The van der Waals surface area contributed by atoms with Crippen LogP contribution in [0, 0.1) is 0 Å². The molecule has 0 saturated carbocycles. The highest BCUT2D eigenvalue weighted by Gasteiger charge is 2.29. The molecule has 2 heterocycles. The van der Waals surface area contributed by atoms with Crippen LogP contribution in [-0.4, -0.2) is 34.6 Å². The summed E-state index contributed by atoms with van der Waals surface area (Å²) in [5, 5.41) is 11.9. The number of piperidine rings is 1. The number of carbonyl (C=O) groups excluding carboxylic acids is 1. The second-order valence-electron chi connectivity index (χ2n) is 4.96. The first-order chi connectivity index (χ1) is 8.07. The molecule has 1 amide bonds. The minimum Gasteiger partial charge on any atom is -0.390 e. The van der Waals surface area contributed by atoms with Crippen molar-refractivity contribution in [3.8, 4) is 0 Å². The summed E-state index contributed by atoms with van der Waals surface area (Å²) < 4.78 is 0. The van der Waals surface area contributed by atoms with Gasteiger partial charge >= 0.3 is 0 Å². The SMILES string of the molecule is CC1(O)CCN(C(=O)CCc2cccs2)CC1. The lowest BCUT2D eigenvalue weighted by Gasteiger charge is -2.35. The summed E-state index contributed by atoms with van der Waals surface area (Å²) in [6, 6.07) is 4.08. The van der Waals surface area contributed by atoms with Crippen LogP contribution in [0.15, 0.2) is 17.5 Å². The van der Waals surface area contributed by atoms with Gasteiger partial charge in [0, 0.05) is 24.4 Å². The molecule has 1 aliphatic heterocycles. The number of nitrogens with zero attached hydrogens (tertiary/aromatic N) is 1. The molecule has 3 nitrogen and oxygen atoms in total. The van der Waals surface area contributed by atoms with Crippen molar-refractivity contribution in [1.29, 1.82) is 0 Å². The Bertz CT molecular complexity index is 363. The summed E-state index contributed by atoms with van der Waals surface area (Å²) in [5.41, 5.74) is -0.579. The maximum absolute atomic E-state index is 12.0. The minimum atomic E-state index is -0.579. The number of carbonyl (C=O) groups is 1. The molecule has 1 N–H and O–H groups in total. The van der Waals surface area contributed by atoms with Gasteiger partial charge in [0.1, 0.15) is 0 Å². The molecule has 4 heteroatoms. The summed E-state index contributed by atoms with van der Waals surface area (Å²) >= 11 is 1.70. The maximum Gasteiger partial charge on any atom is 0.222 e. The van der Waals surface area contributed by atoms with Crippen molar-refractivity contribution < 1.29 is 9.90 Å². The van der Waals surface area contributed by atoms with Gasteiger partial charge in [-0.25, -0.2) is 0 Å². The molecule has 0 aliphatic carbocycles. The van der Waals surface area contributed by atoms with Gasteiger partial charge in [-0.15, -0.1) is 11.3 Å². The van der Waals surface area contributed by atoms with Gasteiger partial charge in [-0.1, -0.05) is 6.07 Å². The molecule has 1 fully saturated rings. The van der Waals surface area contributed by atoms with Crippen LogP contribution < -0.4 is 0 Å². The van der Waals surface area contributed by atoms with E-state index in [1.807, 2.05) is 23.3 Å². The third-order valence-electron chi connectivity index (χ3n) is 3.36. The molecule has 0 aromatic carbocycles. The Balaban J connectivity index is 1.77. The van der Waals surface area contributed by atoms with E-state index in [9.17, 15) is 9.90 Å². The summed E-state index contributed by atoms with van der Waals surface area (Å²) in [4.78, 5) is 15.1. The fraction of sp³-hybridized carbons (Fsp3) is 0.615. The number of hydrogen-bond acceptors (Lipinski definition) is 3. The predicted molar refractivity (Wildman–Crippen MR) is 69.1 cm³/mol. The van der Waals surface area contributed by atoms with Crippen LogP contribution in [0.1, 0.15) is 31.1 Å². The second-order valence-corrected chi connectivity index (χ2v) is 5.99. The number of aryl methyl sites for hydroxylation is 1. The lowest BCUT2D eigenvalue weighted by Crippen LogP contribution is -2.45. The molecule has 17 heavy (non-hydrogen) atoms. The fourth-order valence-electron chi connectivity index (χ4n) is 2.08. The molecule has 0 spiro atoms. The lowest BCUT2D eigenvalue weighted by molar-refractivity contribution is -0.134. The normalized spacial score (nSPS) is 19.3. The largest absolute Gasteiger partial charge is 0.390 e. The van der Waals surface area contributed by atoms with Crippen LogP contribution in [0.4, 0.5) is 0 Å². The Kier molecular flexibility index (Phi) is 3.84. The van der Waals surface area contributed by atoms with E-state index in [1.54, 1.807) is 11.3 Å². The minimum absolute atomic E-state index is 0.217. The molecular formula is C13H19NO2S. The summed E-state index contributed by atoms with van der Waals surface area (Å²) in [6.45, 7) is 3.23. The zero-order chi connectivity index (χ0) is 12.3. The molecule has 1 aliphatic rings. The molecule has 1 saturated heterocycles. The zero-order valence-electron chi connectivity index (χ0n) is 10.2. The molecule has 1 aromatic heterocycles. The number of rotatable bonds is 3. The average molecular weight is 253 g/mol. The Morgan fingerprint density at radius 1 is 1.53 bits per heavy atom. The number of hydrogen-bond donors (Lipinski definition) is 1. The van der Waals surface area contributed by atoms with Crippen LogP contribution in [0.25, 0.3) is 0 Å². The second kappa shape index (κ2) is 5.19. The van der Waals surface area contributed by atoms with Crippen molar-refractivity contribution in [3.63, 3.8) is 0 Å². The molecule has 2 rings (SSSR count). The van der Waals surface area contributed by atoms with E-state index in [2.05, 4.69) is 6.07 Å². The van der Waals surface area contributed by atoms with Gasteiger partial charge in [0.15, 0.2) is 0 Å². The smallest absolute Gasteiger partial charge is 0.222 e. The van der Waals surface area contributed by atoms with E-state index in [4.69, 9.17) is 0 Å². The standard InChI is InChI=1S/C13H19NO2S/c1-13(16)6-8-14(9-7-13)12(15)5-4-11-3-2-10-17-11/h2-3,10,16H,4-9H2,1H3. The number of amides is 1. The quantitative estimate of drug-likeness (QED) is 0.895. The molecular weight excluding hydrogens is 234 g/mol. The molecule has 1 aromatic rings. The first kappa shape index (κ1) is 12.6. The molecule has 94 valence electrons. The van der Waals surface area contributed by atoms with Gasteiger partial charge in [-0.2, -0.15) is 0 Å². The zero-order valence-corrected chi connectivity index (χ0v) is 11.0. The van der Waals surface area contributed by atoms with Crippen LogP contribution in [0.5, 0.6) is 0 Å². The van der Waals surface area contributed by atoms with Crippen molar-refractivity contribution in [2.24, 2.45) is 0 Å². The van der Waals surface area contributed by atoms with Gasteiger partial charge in [0.05, 0.1) is 5.60 Å². The number of aliphatic hydroxyl groups is 1. The van der Waals surface area contributed by atoms with Crippen molar-refractivity contribution in [2.45, 2.75) is 38.2 Å². The highest BCUT2D eigenvalue weighted by atomic mass is 32.1. The molecule has 0 atom stereocenters. The fourth-order valence-corrected chi connectivity index (χ4v) is 2.79. The highest BCUT2D eigenvalue weighted by Crippen LogP contribution is 2.22. The predicted octanol–water partition coefficient (Wildman–Crippen LogP) is 2.05. The van der Waals surface area contributed by atoms with E-state index in [-0.39, 0.29) is 5.91 Å². The van der Waals surface area contributed by atoms with Gasteiger partial charge in [-0.3, -0.25) is 4.79 Å². The topological polar surface area (TPSA) is 40.5 Å². The number of likely N-dealkylation sites (tertiary alicyclic amines) is 1. The molecule has 0 unspecified atom stereocenters. The Labute approximate surface area is 106 Å². The molecule has 0 bridgehead atoms. The van der Waals surface area contributed by atoms with E-state index in [0.29, 0.717) is 32.4 Å². The third kappa shape index (κ3) is 3.54. The van der Waals surface area contributed by atoms with Crippen molar-refractivity contribution in [3.05, 3.63) is 22.4 Å². The summed E-state index contributed by atoms with van der Waals surface area (Å²) in [5.74, 6) is 0.217. The van der Waals surface area contributed by atoms with E-state index >= 15 is 0 Å². The third-order valence-corrected chi connectivity index (χ3v) is 4.29. The highest BCUT2D eigenvalue weighted by molar-refractivity contribution is 7.09. The number of thiophene rings is 1. The van der Waals surface area contributed by atoms with Crippen molar-refractivity contribution >= 4 is 17.2 Å². The van der Waals surface area contributed by atoms with Gasteiger partial charge < -0.3 is 10.0 Å². The van der Waals surface area contributed by atoms with Gasteiger partial charge in [0.2, 0.25) is 5.91 Å². The monoisotopic (exact) mass is 253 g/mol. The van der Waals surface area contributed by atoms with E-state index in [1.165, 1.54) is 4.88 Å². The van der Waals surface area contributed by atoms with E-state index < -0.39 is 5.60 Å². The van der Waals surface area contributed by atoms with Crippen LogP contribution >= 0.6 is 11.3 Å². The summed E-state index contributed by atoms with van der Waals surface area (Å²) in [7, 11) is 0. The van der Waals surface area contributed by atoms with Gasteiger partial charge in [-0.05, 0) is 37.6 Å². The van der Waals surface area contributed by atoms with Crippen LogP contribution in [-0.2, 0) is 11.2 Å². The first-order valence-electron chi connectivity index (χ1n) is 6.09. The maximum atomic E-state index is 12.0.